The van der Waals surface area contributed by atoms with Crippen LogP contribution in [0, 0.1) is 17.8 Å². The van der Waals surface area contributed by atoms with Crippen molar-refractivity contribution in [1.29, 1.82) is 0 Å². The van der Waals surface area contributed by atoms with E-state index in [2.05, 4.69) is 5.32 Å². The van der Waals surface area contributed by atoms with Crippen LogP contribution < -0.4 is 5.32 Å². The summed E-state index contributed by atoms with van der Waals surface area (Å²) in [6, 6.07) is -1.38. The van der Waals surface area contributed by atoms with Gasteiger partial charge in [0, 0.05) is 6.54 Å². The molecule has 0 aliphatic carbocycles. The molecule has 2 bridgehead atoms. The summed E-state index contributed by atoms with van der Waals surface area (Å²) in [5.41, 5.74) is -1.90. The van der Waals surface area contributed by atoms with E-state index in [1.54, 1.807) is 6.92 Å². The van der Waals surface area contributed by atoms with Crippen LogP contribution in [0.1, 0.15) is 66.7 Å². The van der Waals surface area contributed by atoms with Gasteiger partial charge in [-0.25, -0.2) is 0 Å². The van der Waals surface area contributed by atoms with Gasteiger partial charge < -0.3 is 24.8 Å². The Bertz CT molecular complexity index is 714. The van der Waals surface area contributed by atoms with E-state index < -0.39 is 41.1 Å². The van der Waals surface area contributed by atoms with Crippen LogP contribution >= 0.6 is 0 Å². The lowest BCUT2D eigenvalue weighted by atomic mass is 9.66. The van der Waals surface area contributed by atoms with Crippen LogP contribution in [0.25, 0.3) is 0 Å². The highest BCUT2D eigenvalue weighted by molar-refractivity contribution is 5.98. The normalized spacial score (nSPS) is 35.7. The summed E-state index contributed by atoms with van der Waals surface area (Å²) in [5.74, 6) is -2.52. The van der Waals surface area contributed by atoms with Crippen LogP contribution in [0.5, 0.6) is 0 Å². The quantitative estimate of drug-likeness (QED) is 0.397. The van der Waals surface area contributed by atoms with Gasteiger partial charge in [0.15, 0.2) is 0 Å². The molecule has 2 unspecified atom stereocenters. The third kappa shape index (κ3) is 3.65. The predicted molar refractivity (Wildman–Crippen MR) is 114 cm³/mol. The van der Waals surface area contributed by atoms with Crippen LogP contribution in [0.15, 0.2) is 0 Å². The van der Waals surface area contributed by atoms with Crippen molar-refractivity contribution in [2.45, 2.75) is 90.0 Å². The van der Waals surface area contributed by atoms with Crippen molar-refractivity contribution >= 4 is 17.8 Å². The highest BCUT2D eigenvalue weighted by atomic mass is 16.6. The van der Waals surface area contributed by atoms with Gasteiger partial charge in [0.1, 0.15) is 17.6 Å². The fraction of sp³-hybridized carbons (Fsp3) is 0.870. The predicted octanol–water partition coefficient (Wildman–Crippen LogP) is 1.64. The molecule has 8 nitrogen and oxygen atoms in total. The Morgan fingerprint density at radius 1 is 1.32 bits per heavy atom. The minimum Gasteiger partial charge on any atom is -0.466 e. The fourth-order valence-electron chi connectivity index (χ4n) is 5.91. The Morgan fingerprint density at radius 3 is 2.61 bits per heavy atom. The Hall–Kier alpha value is -1.67. The molecular formula is C23H38N2O6. The van der Waals surface area contributed by atoms with Gasteiger partial charge in [0.2, 0.25) is 11.8 Å². The lowest BCUT2D eigenvalue weighted by Crippen LogP contribution is -2.59. The number of aliphatic hydroxyl groups is 1. The number of amides is 2. The number of fused-ring (bicyclic) bond motifs is 1. The molecule has 0 aromatic carbocycles. The number of rotatable bonds is 10. The molecule has 3 aliphatic rings. The van der Waals surface area contributed by atoms with Crippen LogP contribution in [0.3, 0.4) is 0 Å². The van der Waals surface area contributed by atoms with Crippen LogP contribution in [-0.2, 0) is 23.9 Å². The van der Waals surface area contributed by atoms with E-state index >= 15 is 0 Å². The first-order valence-corrected chi connectivity index (χ1v) is 11.8. The summed E-state index contributed by atoms with van der Waals surface area (Å²) < 4.78 is 11.8. The molecule has 8 heteroatoms. The Balaban J connectivity index is 2.06. The van der Waals surface area contributed by atoms with E-state index in [4.69, 9.17) is 9.47 Å². The second kappa shape index (κ2) is 9.06. The Labute approximate surface area is 185 Å². The van der Waals surface area contributed by atoms with Gasteiger partial charge in [-0.05, 0) is 39.0 Å². The molecule has 0 aromatic rings. The number of esters is 1. The fourth-order valence-corrected chi connectivity index (χ4v) is 5.91. The van der Waals surface area contributed by atoms with Crippen molar-refractivity contribution in [1.82, 2.24) is 10.2 Å². The van der Waals surface area contributed by atoms with Gasteiger partial charge in [-0.1, -0.05) is 33.6 Å². The van der Waals surface area contributed by atoms with Gasteiger partial charge >= 0.3 is 5.97 Å². The molecule has 3 fully saturated rings. The molecule has 3 aliphatic heterocycles. The van der Waals surface area contributed by atoms with Gasteiger partial charge in [-0.3, -0.25) is 14.4 Å². The number of ether oxygens (including phenoxy) is 2. The summed E-state index contributed by atoms with van der Waals surface area (Å²) >= 11 is 0. The summed E-state index contributed by atoms with van der Waals surface area (Å²) in [6.07, 6.45) is 3.63. The maximum Gasteiger partial charge on any atom is 0.312 e. The lowest BCUT2D eigenvalue weighted by Gasteiger charge is -2.39. The van der Waals surface area contributed by atoms with E-state index in [0.29, 0.717) is 19.4 Å². The van der Waals surface area contributed by atoms with Crippen molar-refractivity contribution < 1.29 is 29.0 Å². The SMILES string of the molecule is CCCCNC(=O)C1N([C@@H](CO)[C@@H](C)CC)C(=O)[C@@H]2[C@@H](C(=O)OCC)[C@@]3(C)CCC12O3. The standard InChI is InChI=1S/C23H38N2O6/c1-6-9-12-24-19(27)18-23-11-10-22(5,31-23)17(21(29)30-8-3)16(23)20(28)25(18)15(13-26)14(4)7-2/h14-18,26H,6-13H2,1-5H3,(H,24,27)/t14-,15-,16-,17-,18?,22+,23?/m0/s1. The molecule has 1 spiro atoms. The number of unbranched alkanes of at least 4 members (excludes halogenated alkanes) is 1. The van der Waals surface area contributed by atoms with E-state index in [1.807, 2.05) is 27.7 Å². The van der Waals surface area contributed by atoms with Crippen LogP contribution in [-0.4, -0.2) is 70.8 Å². The number of carbonyl (C=O) groups is 3. The molecule has 7 atom stereocenters. The number of hydrogen-bond acceptors (Lipinski definition) is 6. The van der Waals surface area contributed by atoms with Crippen molar-refractivity contribution in [2.75, 3.05) is 19.8 Å². The van der Waals surface area contributed by atoms with Crippen molar-refractivity contribution in [3.63, 3.8) is 0 Å². The summed E-state index contributed by atoms with van der Waals surface area (Å²) in [5, 5.41) is 13.2. The zero-order valence-corrected chi connectivity index (χ0v) is 19.5. The average Bonchev–Trinajstić information content (AvgIpc) is 3.30. The number of aliphatic hydroxyl groups excluding tert-OH is 1. The maximum absolute atomic E-state index is 13.8. The highest BCUT2D eigenvalue weighted by Crippen LogP contribution is 2.63. The molecule has 0 saturated carbocycles. The first-order chi connectivity index (χ1) is 14.7. The van der Waals surface area contributed by atoms with E-state index in [1.165, 1.54) is 4.90 Å². The van der Waals surface area contributed by atoms with Crippen LogP contribution in [0.2, 0.25) is 0 Å². The second-order valence-electron chi connectivity index (χ2n) is 9.51. The summed E-state index contributed by atoms with van der Waals surface area (Å²) in [6.45, 7) is 10.1. The van der Waals surface area contributed by atoms with Gasteiger partial charge in [-0.15, -0.1) is 0 Å². The Kier molecular flexibility index (Phi) is 7.01. The highest BCUT2D eigenvalue weighted by Gasteiger charge is 2.78. The van der Waals surface area contributed by atoms with E-state index in [9.17, 15) is 19.5 Å². The minimum atomic E-state index is -1.07. The smallest absolute Gasteiger partial charge is 0.312 e. The molecule has 0 radical (unpaired) electrons. The third-order valence-electron chi connectivity index (χ3n) is 7.68. The largest absolute Gasteiger partial charge is 0.466 e. The zero-order valence-electron chi connectivity index (χ0n) is 19.5. The molecular weight excluding hydrogens is 400 g/mol. The van der Waals surface area contributed by atoms with Crippen LogP contribution in [0.4, 0.5) is 0 Å². The first-order valence-electron chi connectivity index (χ1n) is 11.8. The second-order valence-corrected chi connectivity index (χ2v) is 9.51. The molecule has 2 N–H and O–H groups in total. The minimum absolute atomic E-state index is 0.0102. The number of nitrogens with zero attached hydrogens (tertiary/aromatic N) is 1. The van der Waals surface area contributed by atoms with Crippen molar-refractivity contribution in [3.05, 3.63) is 0 Å². The van der Waals surface area contributed by atoms with Crippen molar-refractivity contribution in [3.8, 4) is 0 Å². The maximum atomic E-state index is 13.8. The first kappa shape index (κ1) is 24.0. The number of carbonyl (C=O) groups excluding carboxylic acids is 3. The molecule has 2 amide bonds. The number of hydrogen-bond donors (Lipinski definition) is 2. The van der Waals surface area contributed by atoms with Crippen molar-refractivity contribution in [2.24, 2.45) is 17.8 Å². The van der Waals surface area contributed by atoms with Gasteiger partial charge in [-0.2, -0.15) is 0 Å². The number of nitrogens with one attached hydrogen (secondary N) is 1. The molecule has 3 rings (SSSR count). The Morgan fingerprint density at radius 2 is 2.03 bits per heavy atom. The van der Waals surface area contributed by atoms with Gasteiger partial charge in [0.05, 0.1) is 30.8 Å². The molecule has 31 heavy (non-hydrogen) atoms. The monoisotopic (exact) mass is 438 g/mol. The molecule has 3 heterocycles. The van der Waals surface area contributed by atoms with Gasteiger partial charge in [0.25, 0.3) is 0 Å². The summed E-state index contributed by atoms with van der Waals surface area (Å²) in [4.78, 5) is 41.8. The van der Waals surface area contributed by atoms with E-state index in [-0.39, 0.29) is 30.9 Å². The number of likely N-dealkylation sites (tertiary alicyclic amines) is 1. The zero-order chi connectivity index (χ0) is 23.0. The lowest BCUT2D eigenvalue weighted by molar-refractivity contribution is -0.160. The molecule has 3 saturated heterocycles. The molecule has 0 aromatic heterocycles. The third-order valence-corrected chi connectivity index (χ3v) is 7.68. The summed E-state index contributed by atoms with van der Waals surface area (Å²) in [7, 11) is 0. The average molecular weight is 439 g/mol. The topological polar surface area (TPSA) is 105 Å². The van der Waals surface area contributed by atoms with E-state index in [0.717, 1.165) is 19.3 Å². The molecule has 176 valence electrons.